The molecule has 0 radical (unpaired) electrons. The van der Waals surface area contributed by atoms with E-state index >= 15 is 0 Å². The summed E-state index contributed by atoms with van der Waals surface area (Å²) in [5, 5.41) is 2.83. The average molecular weight is 315 g/mol. The first kappa shape index (κ1) is 13.6. The number of anilines is 1. The minimum absolute atomic E-state index is 0.0275. The van der Waals surface area contributed by atoms with Gasteiger partial charge in [0, 0.05) is 16.8 Å². The van der Waals surface area contributed by atoms with Gasteiger partial charge in [0.1, 0.15) is 5.82 Å². The van der Waals surface area contributed by atoms with E-state index in [-0.39, 0.29) is 24.1 Å². The number of nitrogens with zero attached hydrogens (tertiary/aromatic N) is 1. The molecule has 0 saturated carbocycles. The van der Waals surface area contributed by atoms with E-state index < -0.39 is 5.51 Å². The number of rotatable bonds is 4. The quantitative estimate of drug-likeness (QED) is 0.855. The number of aryl methyl sites for hydroxylation is 1. The molecule has 0 saturated heterocycles. The van der Waals surface area contributed by atoms with Crippen molar-refractivity contribution >= 4 is 33.5 Å². The monoisotopic (exact) mass is 314 g/mol. The number of hydrogen-bond donors (Lipinski definition) is 1. The SMILES string of the molecule is Cc1nc(NCCSC(F)(F)F)ccc1Br. The van der Waals surface area contributed by atoms with E-state index in [1.165, 1.54) is 0 Å². The highest BCUT2D eigenvalue weighted by atomic mass is 79.9. The second-order valence-electron chi connectivity index (χ2n) is 2.98. The third-order valence-electron chi connectivity index (χ3n) is 1.70. The first-order valence-electron chi connectivity index (χ1n) is 4.46. The topological polar surface area (TPSA) is 24.9 Å². The van der Waals surface area contributed by atoms with Gasteiger partial charge in [0.15, 0.2) is 0 Å². The number of thioether (sulfide) groups is 1. The number of aromatic nitrogens is 1. The predicted octanol–water partition coefficient (Wildman–Crippen LogP) is 3.82. The van der Waals surface area contributed by atoms with Crippen LogP contribution in [0.15, 0.2) is 16.6 Å². The summed E-state index contributed by atoms with van der Waals surface area (Å²) in [7, 11) is 0. The molecule has 1 aromatic rings. The molecule has 1 heterocycles. The lowest BCUT2D eigenvalue weighted by atomic mass is 10.4. The normalized spacial score (nSPS) is 11.6. The van der Waals surface area contributed by atoms with E-state index in [9.17, 15) is 13.2 Å². The lowest BCUT2D eigenvalue weighted by molar-refractivity contribution is -0.0327. The number of pyridine rings is 1. The van der Waals surface area contributed by atoms with Gasteiger partial charge < -0.3 is 5.32 Å². The Bertz CT molecular complexity index is 357. The highest BCUT2D eigenvalue weighted by Crippen LogP contribution is 2.29. The fourth-order valence-corrected chi connectivity index (χ4v) is 1.64. The van der Waals surface area contributed by atoms with E-state index in [0.717, 1.165) is 10.2 Å². The smallest absolute Gasteiger partial charge is 0.369 e. The summed E-state index contributed by atoms with van der Waals surface area (Å²) in [5.41, 5.74) is -3.36. The van der Waals surface area contributed by atoms with Crippen LogP contribution in [-0.2, 0) is 0 Å². The predicted molar refractivity (Wildman–Crippen MR) is 63.7 cm³/mol. The molecule has 0 unspecified atom stereocenters. The highest BCUT2D eigenvalue weighted by Gasteiger charge is 2.27. The summed E-state index contributed by atoms with van der Waals surface area (Å²) in [5.74, 6) is 0.559. The first-order valence-corrected chi connectivity index (χ1v) is 6.24. The molecule has 0 bridgehead atoms. The van der Waals surface area contributed by atoms with E-state index in [2.05, 4.69) is 26.2 Å². The Kier molecular flexibility index (Phi) is 4.91. The minimum Gasteiger partial charge on any atom is -0.369 e. The maximum atomic E-state index is 11.8. The zero-order valence-corrected chi connectivity index (χ0v) is 10.8. The highest BCUT2D eigenvalue weighted by molar-refractivity contribution is 9.10. The Hall–Kier alpha value is -0.430. The van der Waals surface area contributed by atoms with Crippen molar-refractivity contribution in [1.82, 2.24) is 4.98 Å². The third kappa shape index (κ3) is 5.07. The molecule has 0 aliphatic rings. The fraction of sp³-hybridized carbons (Fsp3) is 0.444. The van der Waals surface area contributed by atoms with Gasteiger partial charge >= 0.3 is 5.51 Å². The van der Waals surface area contributed by atoms with Crippen LogP contribution in [0.2, 0.25) is 0 Å². The van der Waals surface area contributed by atoms with Gasteiger partial charge in [-0.05, 0) is 46.7 Å². The van der Waals surface area contributed by atoms with Crippen LogP contribution in [0.3, 0.4) is 0 Å². The van der Waals surface area contributed by atoms with Crippen molar-refractivity contribution in [1.29, 1.82) is 0 Å². The van der Waals surface area contributed by atoms with Crippen LogP contribution >= 0.6 is 27.7 Å². The molecule has 90 valence electrons. The van der Waals surface area contributed by atoms with Crippen LogP contribution in [0.4, 0.5) is 19.0 Å². The van der Waals surface area contributed by atoms with E-state index in [4.69, 9.17) is 0 Å². The lowest BCUT2D eigenvalue weighted by Crippen LogP contribution is -2.10. The van der Waals surface area contributed by atoms with Gasteiger partial charge in [-0.25, -0.2) is 4.98 Å². The molecule has 0 aliphatic carbocycles. The number of hydrogen-bond acceptors (Lipinski definition) is 3. The largest absolute Gasteiger partial charge is 0.441 e. The number of nitrogens with one attached hydrogen (secondary N) is 1. The van der Waals surface area contributed by atoms with E-state index in [1.807, 2.05) is 13.0 Å². The molecule has 0 amide bonds. The summed E-state index contributed by atoms with van der Waals surface area (Å²) in [4.78, 5) is 4.16. The van der Waals surface area contributed by atoms with Gasteiger partial charge in [-0.2, -0.15) is 13.2 Å². The van der Waals surface area contributed by atoms with Gasteiger partial charge in [-0.3, -0.25) is 0 Å². The Morgan fingerprint density at radius 3 is 2.69 bits per heavy atom. The van der Waals surface area contributed by atoms with Crippen molar-refractivity contribution in [3.05, 3.63) is 22.3 Å². The summed E-state index contributed by atoms with van der Waals surface area (Å²) >= 11 is 3.25. The molecule has 1 rings (SSSR count). The van der Waals surface area contributed by atoms with E-state index in [0.29, 0.717) is 5.82 Å². The zero-order valence-electron chi connectivity index (χ0n) is 8.44. The molecule has 0 aliphatic heterocycles. The maximum absolute atomic E-state index is 11.8. The molecule has 0 spiro atoms. The zero-order chi connectivity index (χ0) is 12.2. The van der Waals surface area contributed by atoms with Crippen LogP contribution in [0.25, 0.3) is 0 Å². The standard InChI is InChI=1S/C9H10BrF3N2S/c1-6-7(10)2-3-8(15-6)14-4-5-16-9(11,12)13/h2-3H,4-5H2,1H3,(H,14,15). The van der Waals surface area contributed by atoms with Crippen LogP contribution < -0.4 is 5.32 Å². The van der Waals surface area contributed by atoms with Crippen molar-refractivity contribution < 1.29 is 13.2 Å². The van der Waals surface area contributed by atoms with Crippen molar-refractivity contribution in [3.8, 4) is 0 Å². The van der Waals surface area contributed by atoms with Crippen molar-refractivity contribution in [2.24, 2.45) is 0 Å². The first-order chi connectivity index (χ1) is 7.38. The molecule has 0 fully saturated rings. The molecule has 7 heteroatoms. The summed E-state index contributed by atoms with van der Waals surface area (Å²) in [6.07, 6.45) is 0. The van der Waals surface area contributed by atoms with Gasteiger partial charge in [0.25, 0.3) is 0 Å². The maximum Gasteiger partial charge on any atom is 0.441 e. The molecule has 2 nitrogen and oxygen atoms in total. The molecule has 1 N–H and O–H groups in total. The van der Waals surface area contributed by atoms with Gasteiger partial charge in [0.05, 0.1) is 5.69 Å². The Labute approximate surface area is 104 Å². The van der Waals surface area contributed by atoms with Crippen molar-refractivity contribution in [2.45, 2.75) is 12.4 Å². The van der Waals surface area contributed by atoms with Crippen molar-refractivity contribution in [2.75, 3.05) is 17.6 Å². The summed E-state index contributed by atoms with van der Waals surface area (Å²) in [6, 6.07) is 3.52. The second-order valence-corrected chi connectivity index (χ2v) is 5.00. The Balaban J connectivity index is 2.35. The van der Waals surface area contributed by atoms with Gasteiger partial charge in [0.2, 0.25) is 0 Å². The van der Waals surface area contributed by atoms with Gasteiger partial charge in [-0.1, -0.05) is 0 Å². The van der Waals surface area contributed by atoms with Crippen LogP contribution in [0.5, 0.6) is 0 Å². The molecule has 16 heavy (non-hydrogen) atoms. The molecular formula is C9H10BrF3N2S. The fourth-order valence-electron chi connectivity index (χ4n) is 0.988. The Morgan fingerprint density at radius 2 is 2.12 bits per heavy atom. The number of alkyl halides is 3. The minimum atomic E-state index is -4.16. The Morgan fingerprint density at radius 1 is 1.44 bits per heavy atom. The third-order valence-corrected chi connectivity index (χ3v) is 3.27. The van der Waals surface area contributed by atoms with E-state index in [1.54, 1.807) is 6.07 Å². The second kappa shape index (κ2) is 5.77. The molecule has 0 atom stereocenters. The van der Waals surface area contributed by atoms with Crippen LogP contribution in [0.1, 0.15) is 5.69 Å². The van der Waals surface area contributed by atoms with Crippen molar-refractivity contribution in [3.63, 3.8) is 0 Å². The van der Waals surface area contributed by atoms with Crippen LogP contribution in [0, 0.1) is 6.92 Å². The summed E-state index contributed by atoms with van der Waals surface area (Å²) < 4.78 is 36.3. The average Bonchev–Trinajstić information content (AvgIpc) is 2.17. The molecule has 1 aromatic heterocycles. The molecule has 0 aromatic carbocycles. The van der Waals surface area contributed by atoms with Crippen LogP contribution in [-0.4, -0.2) is 22.8 Å². The lowest BCUT2D eigenvalue weighted by Gasteiger charge is -2.08. The number of halogens is 4. The van der Waals surface area contributed by atoms with Gasteiger partial charge in [-0.15, -0.1) is 0 Å². The molecular weight excluding hydrogens is 305 g/mol. The summed E-state index contributed by atoms with van der Waals surface area (Å²) in [6.45, 7) is 2.05.